The monoisotopic (exact) mass is 300 g/mol. The molecule has 10 heteroatoms. The second-order valence-corrected chi connectivity index (χ2v) is 5.85. The van der Waals surface area contributed by atoms with Gasteiger partial charge < -0.3 is 5.11 Å². The van der Waals surface area contributed by atoms with Gasteiger partial charge >= 0.3 is 0 Å². The van der Waals surface area contributed by atoms with Crippen molar-refractivity contribution in [2.45, 2.75) is 24.4 Å². The molecule has 2 aromatic rings. The molecule has 2 N–H and O–H groups in total. The Hall–Kier alpha value is -1.78. The molecule has 9 nitrogen and oxygen atoms in total. The molecule has 0 radical (unpaired) electrons. The van der Waals surface area contributed by atoms with Crippen molar-refractivity contribution < 1.29 is 13.5 Å². The molecule has 0 bridgehead atoms. The first kappa shape index (κ1) is 14.6. The third kappa shape index (κ3) is 3.85. The summed E-state index contributed by atoms with van der Waals surface area (Å²) in [6.07, 6.45) is 6.53. The van der Waals surface area contributed by atoms with Crippen LogP contribution in [0.2, 0.25) is 0 Å². The first-order valence-corrected chi connectivity index (χ1v) is 7.57. The summed E-state index contributed by atoms with van der Waals surface area (Å²) in [4.78, 5) is 0.0895. The number of aryl methyl sites for hydroxylation is 1. The first-order chi connectivity index (χ1) is 9.62. The minimum absolute atomic E-state index is 0.0895. The highest BCUT2D eigenvalue weighted by Crippen LogP contribution is 2.06. The highest BCUT2D eigenvalue weighted by molar-refractivity contribution is 7.89. The zero-order valence-corrected chi connectivity index (χ0v) is 11.6. The molecule has 0 atom stereocenters. The van der Waals surface area contributed by atoms with Gasteiger partial charge in [0.2, 0.25) is 10.0 Å². The number of nitrogens with zero attached hydrogens (tertiary/aromatic N) is 5. The Labute approximate surface area is 116 Å². The van der Waals surface area contributed by atoms with Gasteiger partial charge in [-0.05, 0) is 6.42 Å². The predicted molar refractivity (Wildman–Crippen MR) is 69.1 cm³/mol. The van der Waals surface area contributed by atoms with Crippen molar-refractivity contribution in [3.63, 3.8) is 0 Å². The maximum atomic E-state index is 11.9. The minimum Gasteiger partial charge on any atom is -0.394 e. The molecule has 0 unspecified atom stereocenters. The zero-order chi connectivity index (χ0) is 14.4. The van der Waals surface area contributed by atoms with Crippen molar-refractivity contribution in [2.24, 2.45) is 0 Å². The maximum Gasteiger partial charge on any atom is 0.243 e. The Balaban J connectivity index is 1.83. The summed E-state index contributed by atoms with van der Waals surface area (Å²) in [7, 11) is -3.56. The molecule has 2 heterocycles. The van der Waals surface area contributed by atoms with Crippen LogP contribution in [0.5, 0.6) is 0 Å². The molecule has 0 aromatic carbocycles. The van der Waals surface area contributed by atoms with E-state index in [4.69, 9.17) is 5.11 Å². The molecule has 0 amide bonds. The van der Waals surface area contributed by atoms with Crippen molar-refractivity contribution in [1.29, 1.82) is 0 Å². The van der Waals surface area contributed by atoms with Crippen LogP contribution in [0.25, 0.3) is 0 Å². The number of hydrogen-bond acceptors (Lipinski definition) is 6. The van der Waals surface area contributed by atoms with E-state index in [0.29, 0.717) is 19.5 Å². The Morgan fingerprint density at radius 3 is 2.85 bits per heavy atom. The molecule has 20 heavy (non-hydrogen) atoms. The smallest absolute Gasteiger partial charge is 0.243 e. The van der Waals surface area contributed by atoms with Gasteiger partial charge in [-0.3, -0.25) is 9.36 Å². The summed E-state index contributed by atoms with van der Waals surface area (Å²) in [6, 6.07) is 0. The van der Waals surface area contributed by atoms with Crippen molar-refractivity contribution in [1.82, 2.24) is 29.5 Å². The topological polar surface area (TPSA) is 115 Å². The molecule has 0 saturated heterocycles. The van der Waals surface area contributed by atoms with Crippen LogP contribution in [-0.2, 0) is 23.1 Å². The van der Waals surface area contributed by atoms with Crippen LogP contribution in [0.3, 0.4) is 0 Å². The number of aliphatic hydroxyl groups is 1. The van der Waals surface area contributed by atoms with Crippen molar-refractivity contribution in [3.05, 3.63) is 24.8 Å². The van der Waals surface area contributed by atoms with E-state index in [-0.39, 0.29) is 18.0 Å². The number of nitrogens with one attached hydrogen (secondary N) is 1. The van der Waals surface area contributed by atoms with Gasteiger partial charge in [-0.1, -0.05) is 5.21 Å². The van der Waals surface area contributed by atoms with Crippen LogP contribution < -0.4 is 4.72 Å². The van der Waals surface area contributed by atoms with E-state index in [1.165, 1.54) is 17.1 Å². The number of rotatable bonds is 8. The predicted octanol–water partition coefficient (Wildman–Crippen LogP) is -1.16. The number of aliphatic hydroxyl groups excluding tert-OH is 1. The quantitative estimate of drug-likeness (QED) is 0.594. The van der Waals surface area contributed by atoms with Gasteiger partial charge in [0, 0.05) is 25.5 Å². The third-order valence-electron chi connectivity index (χ3n) is 2.58. The molecule has 0 fully saturated rings. The first-order valence-electron chi connectivity index (χ1n) is 6.09. The molecular weight excluding hydrogens is 284 g/mol. The van der Waals surface area contributed by atoms with E-state index in [9.17, 15) is 8.42 Å². The van der Waals surface area contributed by atoms with Crippen LogP contribution in [-0.4, -0.2) is 51.5 Å². The SMILES string of the molecule is O=S(=O)(NCCCn1ccnn1)c1cnn(CCO)c1. The Morgan fingerprint density at radius 1 is 1.30 bits per heavy atom. The Bertz CT molecular complexity index is 621. The molecular formula is C10H16N6O3S. The summed E-state index contributed by atoms with van der Waals surface area (Å²) in [5, 5.41) is 20.1. The molecule has 0 aliphatic rings. The summed E-state index contributed by atoms with van der Waals surface area (Å²) >= 11 is 0. The highest BCUT2D eigenvalue weighted by Gasteiger charge is 2.15. The van der Waals surface area contributed by atoms with Crippen LogP contribution in [0.1, 0.15) is 6.42 Å². The summed E-state index contributed by atoms with van der Waals surface area (Å²) in [6.45, 7) is 1.06. The van der Waals surface area contributed by atoms with E-state index in [1.807, 2.05) is 0 Å². The second-order valence-electron chi connectivity index (χ2n) is 4.08. The van der Waals surface area contributed by atoms with Gasteiger partial charge in [-0.2, -0.15) is 5.10 Å². The van der Waals surface area contributed by atoms with E-state index < -0.39 is 10.0 Å². The van der Waals surface area contributed by atoms with Crippen molar-refractivity contribution in [2.75, 3.05) is 13.2 Å². The van der Waals surface area contributed by atoms with E-state index >= 15 is 0 Å². The Morgan fingerprint density at radius 2 is 2.15 bits per heavy atom. The lowest BCUT2D eigenvalue weighted by atomic mass is 10.4. The number of aromatic nitrogens is 5. The molecule has 0 saturated carbocycles. The highest BCUT2D eigenvalue weighted by atomic mass is 32.2. The fraction of sp³-hybridized carbons (Fsp3) is 0.500. The van der Waals surface area contributed by atoms with Gasteiger partial charge in [0.25, 0.3) is 0 Å². The molecule has 2 rings (SSSR count). The van der Waals surface area contributed by atoms with Crippen LogP contribution in [0.15, 0.2) is 29.7 Å². The van der Waals surface area contributed by atoms with Crippen LogP contribution in [0, 0.1) is 0 Å². The van der Waals surface area contributed by atoms with E-state index in [1.54, 1.807) is 17.1 Å². The normalized spacial score (nSPS) is 11.8. The Kier molecular flexibility index (Phi) is 4.82. The number of hydrogen-bond donors (Lipinski definition) is 2. The van der Waals surface area contributed by atoms with Gasteiger partial charge in [-0.15, -0.1) is 5.10 Å². The summed E-state index contributed by atoms with van der Waals surface area (Å²) < 4.78 is 29.4. The average molecular weight is 300 g/mol. The minimum atomic E-state index is -3.56. The third-order valence-corrected chi connectivity index (χ3v) is 3.99. The molecule has 110 valence electrons. The lowest BCUT2D eigenvalue weighted by molar-refractivity contribution is 0.269. The molecule has 0 aliphatic heterocycles. The van der Waals surface area contributed by atoms with Crippen LogP contribution in [0.4, 0.5) is 0 Å². The zero-order valence-electron chi connectivity index (χ0n) is 10.8. The average Bonchev–Trinajstić information content (AvgIpc) is 3.06. The lowest BCUT2D eigenvalue weighted by Crippen LogP contribution is -2.25. The second kappa shape index (κ2) is 6.59. The standard InChI is InChI=1S/C10H16N6O3S/c17-7-6-16-9-10(8-12-16)20(18,19)13-2-1-4-15-5-3-11-14-15/h3,5,8-9,13,17H,1-2,4,6-7H2. The van der Waals surface area contributed by atoms with Crippen molar-refractivity contribution in [3.8, 4) is 0 Å². The summed E-state index contributed by atoms with van der Waals surface area (Å²) in [5.41, 5.74) is 0. The van der Waals surface area contributed by atoms with Gasteiger partial charge in [0.05, 0.1) is 25.5 Å². The fourth-order valence-electron chi connectivity index (χ4n) is 1.59. The largest absolute Gasteiger partial charge is 0.394 e. The van der Waals surface area contributed by atoms with E-state index in [0.717, 1.165) is 0 Å². The molecule has 2 aromatic heterocycles. The van der Waals surface area contributed by atoms with Gasteiger partial charge in [0.1, 0.15) is 4.90 Å². The maximum absolute atomic E-state index is 11.9. The molecule has 0 spiro atoms. The van der Waals surface area contributed by atoms with Crippen LogP contribution >= 0.6 is 0 Å². The lowest BCUT2D eigenvalue weighted by Gasteiger charge is -2.04. The molecule has 0 aliphatic carbocycles. The van der Waals surface area contributed by atoms with Gasteiger partial charge in [0.15, 0.2) is 0 Å². The van der Waals surface area contributed by atoms with Crippen molar-refractivity contribution >= 4 is 10.0 Å². The fourth-order valence-corrected chi connectivity index (χ4v) is 2.62. The van der Waals surface area contributed by atoms with E-state index in [2.05, 4.69) is 20.1 Å². The van der Waals surface area contributed by atoms with Gasteiger partial charge in [-0.25, -0.2) is 13.1 Å². The number of sulfonamides is 1. The summed E-state index contributed by atoms with van der Waals surface area (Å²) in [5.74, 6) is 0.